The van der Waals surface area contributed by atoms with Crippen LogP contribution in [0.4, 0.5) is 5.82 Å². The van der Waals surface area contributed by atoms with Crippen LogP contribution in [0.3, 0.4) is 0 Å². The number of rotatable bonds is 2. The predicted molar refractivity (Wildman–Crippen MR) is 95.9 cm³/mol. The van der Waals surface area contributed by atoms with Gasteiger partial charge in [0.1, 0.15) is 0 Å². The molecule has 2 heterocycles. The van der Waals surface area contributed by atoms with Gasteiger partial charge in [-0.15, -0.1) is 0 Å². The SMILES string of the molecule is Cc1cccc(/N=C2/S/C(=C\c3ccccc3Cl)C(=O)N2C)n1. The number of aliphatic imine (C=N–C) groups is 1. The molecule has 23 heavy (non-hydrogen) atoms. The highest BCUT2D eigenvalue weighted by atomic mass is 35.5. The monoisotopic (exact) mass is 343 g/mol. The Morgan fingerprint density at radius 2 is 2.00 bits per heavy atom. The van der Waals surface area contributed by atoms with Crippen LogP contribution in [-0.4, -0.2) is 28.0 Å². The molecule has 1 aromatic heterocycles. The first-order valence-corrected chi connectivity index (χ1v) is 8.18. The molecule has 1 aromatic carbocycles. The van der Waals surface area contributed by atoms with Gasteiger partial charge in [0.25, 0.3) is 5.91 Å². The van der Waals surface area contributed by atoms with E-state index in [2.05, 4.69) is 9.98 Å². The van der Waals surface area contributed by atoms with E-state index < -0.39 is 0 Å². The summed E-state index contributed by atoms with van der Waals surface area (Å²) in [7, 11) is 1.71. The number of thioether (sulfide) groups is 1. The lowest BCUT2D eigenvalue weighted by Crippen LogP contribution is -2.23. The Bertz CT molecular complexity index is 832. The molecule has 0 saturated carbocycles. The van der Waals surface area contributed by atoms with Crippen molar-refractivity contribution in [3.8, 4) is 0 Å². The highest BCUT2D eigenvalue weighted by Crippen LogP contribution is 2.33. The average molecular weight is 344 g/mol. The number of amides is 1. The highest BCUT2D eigenvalue weighted by molar-refractivity contribution is 8.18. The molecule has 0 spiro atoms. The van der Waals surface area contributed by atoms with Crippen molar-refractivity contribution in [3.63, 3.8) is 0 Å². The van der Waals surface area contributed by atoms with Crippen molar-refractivity contribution in [2.24, 2.45) is 4.99 Å². The third-order valence-corrected chi connectivity index (χ3v) is 4.68. The topological polar surface area (TPSA) is 45.6 Å². The summed E-state index contributed by atoms with van der Waals surface area (Å²) < 4.78 is 0. The maximum atomic E-state index is 12.4. The van der Waals surface area contributed by atoms with E-state index in [0.717, 1.165) is 11.3 Å². The Morgan fingerprint density at radius 1 is 1.22 bits per heavy atom. The molecular weight excluding hydrogens is 330 g/mol. The molecule has 0 N–H and O–H groups in total. The van der Waals surface area contributed by atoms with Crippen LogP contribution in [0.25, 0.3) is 6.08 Å². The molecule has 0 unspecified atom stereocenters. The van der Waals surface area contributed by atoms with Crippen molar-refractivity contribution in [2.45, 2.75) is 6.92 Å². The fourth-order valence-electron chi connectivity index (χ4n) is 2.07. The van der Waals surface area contributed by atoms with Crippen LogP contribution in [0.5, 0.6) is 0 Å². The first kappa shape index (κ1) is 15.8. The molecule has 1 saturated heterocycles. The molecule has 1 fully saturated rings. The van der Waals surface area contributed by atoms with E-state index in [4.69, 9.17) is 11.6 Å². The summed E-state index contributed by atoms with van der Waals surface area (Å²) in [6, 6.07) is 13.0. The lowest BCUT2D eigenvalue weighted by molar-refractivity contribution is -0.121. The summed E-state index contributed by atoms with van der Waals surface area (Å²) in [5.41, 5.74) is 1.70. The highest BCUT2D eigenvalue weighted by Gasteiger charge is 2.30. The average Bonchev–Trinajstić information content (AvgIpc) is 2.78. The number of pyridine rings is 1. The minimum absolute atomic E-state index is 0.0960. The molecule has 0 radical (unpaired) electrons. The Morgan fingerprint density at radius 3 is 2.74 bits per heavy atom. The van der Waals surface area contributed by atoms with Gasteiger partial charge in [0.15, 0.2) is 11.0 Å². The Balaban J connectivity index is 1.93. The lowest BCUT2D eigenvalue weighted by Gasteiger charge is -2.06. The van der Waals surface area contributed by atoms with Gasteiger partial charge in [-0.2, -0.15) is 0 Å². The van der Waals surface area contributed by atoms with Crippen molar-refractivity contribution in [1.29, 1.82) is 0 Å². The standard InChI is InChI=1S/C17H14ClN3OS/c1-11-6-5-9-15(19-11)20-17-21(2)16(22)14(23-17)10-12-7-3-4-8-13(12)18/h3-10H,1-2H3/b14-10-,20-17+. The van der Waals surface area contributed by atoms with Crippen LogP contribution >= 0.6 is 23.4 Å². The third-order valence-electron chi connectivity index (χ3n) is 3.28. The number of hydrogen-bond acceptors (Lipinski definition) is 4. The molecule has 1 amide bonds. The molecule has 0 aliphatic carbocycles. The summed E-state index contributed by atoms with van der Waals surface area (Å²) in [6.07, 6.45) is 1.79. The van der Waals surface area contributed by atoms with Crippen molar-refractivity contribution in [3.05, 3.63) is 63.6 Å². The Labute approximate surface area is 143 Å². The molecule has 0 atom stereocenters. The van der Waals surface area contributed by atoms with E-state index in [1.54, 1.807) is 19.2 Å². The quantitative estimate of drug-likeness (QED) is 0.765. The van der Waals surface area contributed by atoms with Crippen molar-refractivity contribution >= 4 is 46.3 Å². The van der Waals surface area contributed by atoms with E-state index in [1.165, 1.54) is 16.7 Å². The summed E-state index contributed by atoms with van der Waals surface area (Å²) in [5, 5.41) is 1.22. The van der Waals surface area contributed by atoms with Crippen LogP contribution < -0.4 is 0 Å². The molecule has 6 heteroatoms. The zero-order valence-corrected chi connectivity index (χ0v) is 14.2. The van der Waals surface area contributed by atoms with Crippen molar-refractivity contribution < 1.29 is 4.79 Å². The minimum Gasteiger partial charge on any atom is -0.289 e. The van der Waals surface area contributed by atoms with Crippen LogP contribution in [0.2, 0.25) is 5.02 Å². The molecule has 1 aliphatic rings. The zero-order chi connectivity index (χ0) is 16.4. The van der Waals surface area contributed by atoms with Crippen molar-refractivity contribution in [2.75, 3.05) is 7.05 Å². The normalized spacial score (nSPS) is 18.2. The summed E-state index contributed by atoms with van der Waals surface area (Å²) >= 11 is 7.47. The largest absolute Gasteiger partial charge is 0.289 e. The number of hydrogen-bond donors (Lipinski definition) is 0. The van der Waals surface area contributed by atoms with Crippen molar-refractivity contribution in [1.82, 2.24) is 9.88 Å². The second-order valence-electron chi connectivity index (χ2n) is 5.03. The summed E-state index contributed by atoms with van der Waals surface area (Å²) in [5.74, 6) is 0.493. The maximum Gasteiger partial charge on any atom is 0.266 e. The number of benzene rings is 1. The first-order valence-electron chi connectivity index (χ1n) is 6.99. The number of likely N-dealkylation sites (N-methyl/N-ethyl adjacent to an activating group) is 1. The van der Waals surface area contributed by atoms with Crippen LogP contribution in [-0.2, 0) is 4.79 Å². The van der Waals surface area contributed by atoms with E-state index in [-0.39, 0.29) is 5.91 Å². The summed E-state index contributed by atoms with van der Waals surface area (Å²) in [6.45, 7) is 1.91. The number of carbonyl (C=O) groups excluding carboxylic acids is 1. The van der Waals surface area contributed by atoms with Gasteiger partial charge >= 0.3 is 0 Å². The van der Waals surface area contributed by atoms with Gasteiger partial charge in [-0.3, -0.25) is 9.69 Å². The second kappa shape index (κ2) is 6.56. The van der Waals surface area contributed by atoms with Gasteiger partial charge in [-0.05, 0) is 48.5 Å². The Hall–Kier alpha value is -2.11. The molecule has 116 valence electrons. The van der Waals surface area contributed by atoms with Gasteiger partial charge in [-0.25, -0.2) is 9.98 Å². The summed E-state index contributed by atoms with van der Waals surface area (Å²) in [4.78, 5) is 23.3. The van der Waals surface area contributed by atoms with E-state index in [0.29, 0.717) is 20.9 Å². The van der Waals surface area contributed by atoms with Gasteiger partial charge in [0, 0.05) is 17.8 Å². The molecule has 4 nitrogen and oxygen atoms in total. The second-order valence-corrected chi connectivity index (χ2v) is 6.44. The van der Waals surface area contributed by atoms with Crippen LogP contribution in [0.15, 0.2) is 52.4 Å². The molecule has 2 aromatic rings. The van der Waals surface area contributed by atoms with E-state index in [1.807, 2.05) is 43.3 Å². The lowest BCUT2D eigenvalue weighted by atomic mass is 10.2. The fraction of sp³-hybridized carbons (Fsp3) is 0.118. The molecule has 1 aliphatic heterocycles. The van der Waals surface area contributed by atoms with E-state index >= 15 is 0 Å². The number of aryl methyl sites for hydroxylation is 1. The third kappa shape index (κ3) is 3.46. The van der Waals surface area contributed by atoms with Gasteiger partial charge in [-0.1, -0.05) is 35.9 Å². The molecule has 0 bridgehead atoms. The van der Waals surface area contributed by atoms with Crippen LogP contribution in [0, 0.1) is 6.92 Å². The van der Waals surface area contributed by atoms with Gasteiger partial charge in [0.2, 0.25) is 0 Å². The number of carbonyl (C=O) groups is 1. The first-order chi connectivity index (χ1) is 11.0. The number of halogens is 1. The molecule has 3 rings (SSSR count). The fourth-order valence-corrected chi connectivity index (χ4v) is 3.23. The maximum absolute atomic E-state index is 12.4. The van der Waals surface area contributed by atoms with Gasteiger partial charge < -0.3 is 0 Å². The molecular formula is C17H14ClN3OS. The van der Waals surface area contributed by atoms with Crippen LogP contribution in [0.1, 0.15) is 11.3 Å². The zero-order valence-electron chi connectivity index (χ0n) is 12.7. The van der Waals surface area contributed by atoms with Gasteiger partial charge in [0.05, 0.1) is 4.91 Å². The number of amidine groups is 1. The predicted octanol–water partition coefficient (Wildman–Crippen LogP) is 4.28. The number of nitrogens with zero attached hydrogens (tertiary/aromatic N) is 3. The Kier molecular flexibility index (Phi) is 4.50. The van der Waals surface area contributed by atoms with E-state index in [9.17, 15) is 4.79 Å². The number of aromatic nitrogens is 1. The smallest absolute Gasteiger partial charge is 0.266 e. The minimum atomic E-state index is -0.0960.